The van der Waals surface area contributed by atoms with Gasteiger partial charge in [-0.15, -0.1) is 0 Å². The zero-order valence-corrected chi connectivity index (χ0v) is 11.9. The van der Waals surface area contributed by atoms with Crippen LogP contribution in [0.5, 0.6) is 0 Å². The number of rotatable bonds is 2. The van der Waals surface area contributed by atoms with Crippen LogP contribution < -0.4 is 11.1 Å². The van der Waals surface area contributed by atoms with Gasteiger partial charge in [0.05, 0.1) is 6.04 Å². The van der Waals surface area contributed by atoms with Crippen molar-refractivity contribution in [2.45, 2.75) is 66.0 Å². The molecule has 3 nitrogen and oxygen atoms in total. The van der Waals surface area contributed by atoms with Gasteiger partial charge in [-0.3, -0.25) is 4.79 Å². The molecule has 3 unspecified atom stereocenters. The highest BCUT2D eigenvalue weighted by Gasteiger charge is 2.31. The zero-order chi connectivity index (χ0) is 13.2. The highest BCUT2D eigenvalue weighted by molar-refractivity contribution is 5.82. The lowest BCUT2D eigenvalue weighted by molar-refractivity contribution is -0.125. The summed E-state index contributed by atoms with van der Waals surface area (Å²) in [4.78, 5) is 12.0. The molecule has 0 heterocycles. The molecule has 3 atom stereocenters. The van der Waals surface area contributed by atoms with E-state index in [0.29, 0.717) is 17.9 Å². The van der Waals surface area contributed by atoms with Gasteiger partial charge in [-0.05, 0) is 36.5 Å². The number of hydrogen-bond donors (Lipinski definition) is 2. The Labute approximate surface area is 106 Å². The molecule has 1 saturated carbocycles. The lowest BCUT2D eigenvalue weighted by Gasteiger charge is -2.34. The van der Waals surface area contributed by atoms with E-state index in [2.05, 4.69) is 19.2 Å². The molecule has 0 aromatic heterocycles. The minimum absolute atomic E-state index is 0.00352. The summed E-state index contributed by atoms with van der Waals surface area (Å²) in [5.74, 6) is 1.41. The van der Waals surface area contributed by atoms with E-state index in [9.17, 15) is 4.79 Å². The predicted molar refractivity (Wildman–Crippen MR) is 71.5 cm³/mol. The number of nitrogens with one attached hydrogen (secondary N) is 1. The van der Waals surface area contributed by atoms with E-state index >= 15 is 0 Å². The van der Waals surface area contributed by atoms with Crippen molar-refractivity contribution in [1.82, 2.24) is 5.32 Å². The highest BCUT2D eigenvalue weighted by Crippen LogP contribution is 2.28. The topological polar surface area (TPSA) is 55.1 Å². The first kappa shape index (κ1) is 14.5. The third kappa shape index (κ3) is 4.30. The molecule has 0 aromatic carbocycles. The summed E-state index contributed by atoms with van der Waals surface area (Å²) >= 11 is 0. The van der Waals surface area contributed by atoms with Crippen LogP contribution in [0, 0.1) is 17.3 Å². The Morgan fingerprint density at radius 2 is 1.65 bits per heavy atom. The minimum Gasteiger partial charge on any atom is -0.352 e. The van der Waals surface area contributed by atoms with Crippen LogP contribution >= 0.6 is 0 Å². The molecule has 17 heavy (non-hydrogen) atoms. The molecular weight excluding hydrogens is 212 g/mol. The van der Waals surface area contributed by atoms with Gasteiger partial charge < -0.3 is 11.1 Å². The van der Waals surface area contributed by atoms with Crippen molar-refractivity contribution in [2.24, 2.45) is 23.0 Å². The third-order valence-electron chi connectivity index (χ3n) is 3.74. The Morgan fingerprint density at radius 1 is 1.18 bits per heavy atom. The Hall–Kier alpha value is -0.570. The van der Waals surface area contributed by atoms with E-state index in [4.69, 9.17) is 5.73 Å². The third-order valence-corrected chi connectivity index (χ3v) is 3.74. The van der Waals surface area contributed by atoms with Crippen molar-refractivity contribution in [1.29, 1.82) is 0 Å². The molecule has 0 aromatic rings. The van der Waals surface area contributed by atoms with Gasteiger partial charge >= 0.3 is 0 Å². The number of amides is 1. The quantitative estimate of drug-likeness (QED) is 0.778. The lowest BCUT2D eigenvalue weighted by Crippen LogP contribution is -2.52. The summed E-state index contributed by atoms with van der Waals surface area (Å²) in [5.41, 5.74) is 5.80. The molecule has 0 radical (unpaired) electrons. The number of nitrogens with two attached hydrogens (primary N) is 1. The van der Waals surface area contributed by atoms with Crippen molar-refractivity contribution in [3.63, 3.8) is 0 Å². The van der Waals surface area contributed by atoms with Gasteiger partial charge in [0.25, 0.3) is 0 Å². The molecule has 1 rings (SSSR count). The average Bonchev–Trinajstić information content (AvgIpc) is 2.13. The molecule has 1 aliphatic rings. The Balaban J connectivity index is 2.51. The van der Waals surface area contributed by atoms with Crippen LogP contribution in [0.1, 0.15) is 53.9 Å². The zero-order valence-electron chi connectivity index (χ0n) is 11.9. The molecule has 1 aliphatic carbocycles. The van der Waals surface area contributed by atoms with E-state index in [1.165, 1.54) is 6.42 Å². The van der Waals surface area contributed by atoms with Crippen LogP contribution in [0.3, 0.4) is 0 Å². The number of carbonyl (C=O) groups excluding carboxylic acids is 1. The molecule has 3 heteroatoms. The van der Waals surface area contributed by atoms with Crippen LogP contribution in [0.2, 0.25) is 0 Å². The average molecular weight is 240 g/mol. The lowest BCUT2D eigenvalue weighted by atomic mass is 9.80. The van der Waals surface area contributed by atoms with Gasteiger partial charge in [0, 0.05) is 6.04 Å². The maximum Gasteiger partial charge on any atom is 0.237 e. The summed E-state index contributed by atoms with van der Waals surface area (Å²) in [6.07, 6.45) is 3.46. The van der Waals surface area contributed by atoms with Crippen LogP contribution in [-0.4, -0.2) is 18.0 Å². The van der Waals surface area contributed by atoms with E-state index in [0.717, 1.165) is 12.8 Å². The molecular formula is C14H28N2O. The number of carbonyl (C=O) groups is 1. The largest absolute Gasteiger partial charge is 0.352 e. The molecule has 1 amide bonds. The van der Waals surface area contributed by atoms with Gasteiger partial charge in [-0.25, -0.2) is 0 Å². The van der Waals surface area contributed by atoms with Crippen molar-refractivity contribution in [3.8, 4) is 0 Å². The fourth-order valence-corrected chi connectivity index (χ4v) is 2.75. The first-order chi connectivity index (χ1) is 7.70. The van der Waals surface area contributed by atoms with E-state index in [1.807, 2.05) is 20.8 Å². The molecule has 3 N–H and O–H groups in total. The van der Waals surface area contributed by atoms with Crippen LogP contribution in [0.25, 0.3) is 0 Å². The van der Waals surface area contributed by atoms with Gasteiger partial charge in [-0.1, -0.05) is 34.6 Å². The monoisotopic (exact) mass is 240 g/mol. The Kier molecular flexibility index (Phi) is 4.59. The minimum atomic E-state index is -0.421. The second-order valence-electron chi connectivity index (χ2n) is 6.97. The van der Waals surface area contributed by atoms with Crippen molar-refractivity contribution < 1.29 is 4.79 Å². The van der Waals surface area contributed by atoms with Gasteiger partial charge in [0.2, 0.25) is 5.91 Å². The maximum atomic E-state index is 12.0. The normalized spacial score (nSPS) is 32.0. The maximum absolute atomic E-state index is 12.0. The Bertz CT molecular complexity index is 260. The summed E-state index contributed by atoms with van der Waals surface area (Å²) in [5, 5.41) is 3.12. The summed E-state index contributed by atoms with van der Waals surface area (Å²) < 4.78 is 0. The van der Waals surface area contributed by atoms with Crippen molar-refractivity contribution in [2.75, 3.05) is 0 Å². The Morgan fingerprint density at radius 3 is 2.06 bits per heavy atom. The van der Waals surface area contributed by atoms with Crippen LogP contribution in [0.4, 0.5) is 0 Å². The van der Waals surface area contributed by atoms with Gasteiger partial charge in [0.15, 0.2) is 0 Å². The van der Waals surface area contributed by atoms with Gasteiger partial charge in [0.1, 0.15) is 0 Å². The van der Waals surface area contributed by atoms with Crippen molar-refractivity contribution in [3.05, 3.63) is 0 Å². The fourth-order valence-electron chi connectivity index (χ4n) is 2.75. The standard InChI is InChI=1S/C14H28N2O/c1-9-6-10(2)8-11(7-9)16-13(17)12(15)14(3,4)5/h9-12H,6-8,15H2,1-5H3,(H,16,17). The van der Waals surface area contributed by atoms with E-state index < -0.39 is 6.04 Å². The number of hydrogen-bond acceptors (Lipinski definition) is 2. The van der Waals surface area contributed by atoms with E-state index in [-0.39, 0.29) is 11.3 Å². The molecule has 1 fully saturated rings. The predicted octanol–water partition coefficient (Wildman–Crippen LogP) is 2.30. The molecule has 0 spiro atoms. The fraction of sp³-hybridized carbons (Fsp3) is 0.929. The van der Waals surface area contributed by atoms with E-state index in [1.54, 1.807) is 0 Å². The molecule has 100 valence electrons. The summed E-state index contributed by atoms with van der Waals surface area (Å²) in [7, 11) is 0. The first-order valence-corrected chi connectivity index (χ1v) is 6.76. The summed E-state index contributed by atoms with van der Waals surface area (Å²) in [6, 6.07) is -0.107. The second kappa shape index (κ2) is 5.38. The molecule has 0 saturated heterocycles. The second-order valence-corrected chi connectivity index (χ2v) is 6.97. The summed E-state index contributed by atoms with van der Waals surface area (Å²) in [6.45, 7) is 10.5. The SMILES string of the molecule is CC1CC(C)CC(NC(=O)C(N)C(C)(C)C)C1. The molecule has 0 bridgehead atoms. The smallest absolute Gasteiger partial charge is 0.237 e. The van der Waals surface area contributed by atoms with Gasteiger partial charge in [-0.2, -0.15) is 0 Å². The molecule has 0 aliphatic heterocycles. The van der Waals surface area contributed by atoms with Crippen LogP contribution in [-0.2, 0) is 4.79 Å². The first-order valence-electron chi connectivity index (χ1n) is 6.76. The van der Waals surface area contributed by atoms with Crippen LogP contribution in [0.15, 0.2) is 0 Å². The highest BCUT2D eigenvalue weighted by atomic mass is 16.2. The van der Waals surface area contributed by atoms with Crippen molar-refractivity contribution >= 4 is 5.91 Å².